The molecular weight excluding hydrogens is 258 g/mol. The van der Waals surface area contributed by atoms with E-state index < -0.39 is 0 Å². The van der Waals surface area contributed by atoms with Gasteiger partial charge in [-0.1, -0.05) is 23.7 Å². The van der Waals surface area contributed by atoms with Gasteiger partial charge in [-0.2, -0.15) is 0 Å². The van der Waals surface area contributed by atoms with Crippen LogP contribution in [-0.2, 0) is 11.2 Å². The maximum absolute atomic E-state index is 12.0. The number of unbranched alkanes of at least 4 members (excludes halogenated alkanes) is 1. The first-order valence-electron chi connectivity index (χ1n) is 7.28. The normalized spacial score (nSPS) is 15.5. The second-order valence-electron chi connectivity index (χ2n) is 5.28. The molecule has 1 aliphatic rings. The summed E-state index contributed by atoms with van der Waals surface area (Å²) in [5, 5.41) is 0.782. The zero-order valence-electron chi connectivity index (χ0n) is 11.4. The van der Waals surface area contributed by atoms with Gasteiger partial charge in [0.05, 0.1) is 0 Å². The van der Waals surface area contributed by atoms with Crippen molar-refractivity contribution in [3.8, 4) is 0 Å². The van der Waals surface area contributed by atoms with E-state index in [-0.39, 0.29) is 0 Å². The van der Waals surface area contributed by atoms with E-state index in [4.69, 9.17) is 11.6 Å². The number of carbonyl (C=O) groups is 1. The minimum Gasteiger partial charge on any atom is -0.343 e. The molecule has 104 valence electrons. The number of nitrogens with zero attached hydrogens (tertiary/aromatic N) is 1. The van der Waals surface area contributed by atoms with Crippen LogP contribution in [0.2, 0.25) is 5.02 Å². The van der Waals surface area contributed by atoms with Gasteiger partial charge in [-0.25, -0.2) is 0 Å². The van der Waals surface area contributed by atoms with E-state index in [1.807, 2.05) is 17.0 Å². The molecular formula is C16H22ClNO. The number of hydrogen-bond donors (Lipinski definition) is 0. The summed E-state index contributed by atoms with van der Waals surface area (Å²) in [4.78, 5) is 14.0. The summed E-state index contributed by atoms with van der Waals surface area (Å²) < 4.78 is 0. The van der Waals surface area contributed by atoms with Gasteiger partial charge >= 0.3 is 0 Å². The van der Waals surface area contributed by atoms with Crippen molar-refractivity contribution < 1.29 is 4.79 Å². The first kappa shape index (κ1) is 14.4. The molecule has 2 rings (SSSR count). The van der Waals surface area contributed by atoms with Crippen LogP contribution in [0, 0.1) is 0 Å². The van der Waals surface area contributed by atoms with Crippen molar-refractivity contribution >= 4 is 17.5 Å². The zero-order chi connectivity index (χ0) is 13.5. The van der Waals surface area contributed by atoms with Gasteiger partial charge in [-0.3, -0.25) is 4.79 Å². The lowest BCUT2D eigenvalue weighted by atomic mass is 10.1. The highest BCUT2D eigenvalue weighted by atomic mass is 35.5. The highest BCUT2D eigenvalue weighted by Gasteiger charge is 2.15. The maximum Gasteiger partial charge on any atom is 0.222 e. The summed E-state index contributed by atoms with van der Waals surface area (Å²) in [5.41, 5.74) is 1.30. The molecule has 1 aromatic carbocycles. The third-order valence-corrected chi connectivity index (χ3v) is 3.98. The first-order chi connectivity index (χ1) is 9.25. The maximum atomic E-state index is 12.0. The molecule has 1 amide bonds. The molecule has 2 nitrogen and oxygen atoms in total. The largest absolute Gasteiger partial charge is 0.343 e. The van der Waals surface area contributed by atoms with Crippen molar-refractivity contribution in [1.82, 2.24) is 4.90 Å². The van der Waals surface area contributed by atoms with Crippen LogP contribution in [0.1, 0.15) is 44.1 Å². The monoisotopic (exact) mass is 279 g/mol. The van der Waals surface area contributed by atoms with Crippen molar-refractivity contribution in [1.29, 1.82) is 0 Å². The number of likely N-dealkylation sites (tertiary alicyclic amines) is 1. The second-order valence-corrected chi connectivity index (χ2v) is 5.71. The summed E-state index contributed by atoms with van der Waals surface area (Å²) in [5.74, 6) is 0.343. The SMILES string of the molecule is O=C(CCCCc1ccc(Cl)cc1)N1CCCCC1. The van der Waals surface area contributed by atoms with Gasteiger partial charge in [0.15, 0.2) is 0 Å². The Labute approximate surface area is 120 Å². The number of amides is 1. The Morgan fingerprint density at radius 2 is 1.74 bits per heavy atom. The first-order valence-corrected chi connectivity index (χ1v) is 7.66. The number of benzene rings is 1. The molecule has 0 N–H and O–H groups in total. The van der Waals surface area contributed by atoms with Gasteiger partial charge in [0.1, 0.15) is 0 Å². The molecule has 0 spiro atoms. The van der Waals surface area contributed by atoms with Crippen LogP contribution in [0.15, 0.2) is 24.3 Å². The Hall–Kier alpha value is -1.02. The lowest BCUT2D eigenvalue weighted by Gasteiger charge is -2.26. The van der Waals surface area contributed by atoms with Crippen LogP contribution in [0.5, 0.6) is 0 Å². The summed E-state index contributed by atoms with van der Waals surface area (Å²) >= 11 is 5.85. The number of hydrogen-bond acceptors (Lipinski definition) is 1. The third kappa shape index (κ3) is 4.87. The molecule has 0 radical (unpaired) electrons. The summed E-state index contributed by atoms with van der Waals surface area (Å²) in [6, 6.07) is 7.98. The Morgan fingerprint density at radius 3 is 2.42 bits per heavy atom. The Balaban J connectivity index is 1.63. The van der Waals surface area contributed by atoms with Crippen LogP contribution in [0.25, 0.3) is 0 Å². The Bertz CT molecular complexity index is 396. The lowest BCUT2D eigenvalue weighted by molar-refractivity contribution is -0.132. The van der Waals surface area contributed by atoms with Crippen molar-refractivity contribution in [3.63, 3.8) is 0 Å². The topological polar surface area (TPSA) is 20.3 Å². The minimum atomic E-state index is 0.343. The van der Waals surface area contributed by atoms with E-state index >= 15 is 0 Å². The lowest BCUT2D eigenvalue weighted by Crippen LogP contribution is -2.35. The predicted molar refractivity (Wildman–Crippen MR) is 79.4 cm³/mol. The Morgan fingerprint density at radius 1 is 1.05 bits per heavy atom. The van der Waals surface area contributed by atoms with Crippen molar-refractivity contribution in [2.45, 2.75) is 44.9 Å². The van der Waals surface area contributed by atoms with Gasteiger partial charge in [0, 0.05) is 24.5 Å². The van der Waals surface area contributed by atoms with Crippen LogP contribution in [0.4, 0.5) is 0 Å². The van der Waals surface area contributed by atoms with E-state index in [2.05, 4.69) is 12.1 Å². The second kappa shape index (κ2) is 7.54. The molecule has 1 heterocycles. The molecule has 0 aliphatic carbocycles. The number of rotatable bonds is 5. The summed E-state index contributed by atoms with van der Waals surface area (Å²) in [7, 11) is 0. The molecule has 19 heavy (non-hydrogen) atoms. The zero-order valence-corrected chi connectivity index (χ0v) is 12.2. The molecule has 1 aromatic rings. The molecule has 0 aromatic heterocycles. The standard InChI is InChI=1S/C16H22ClNO/c17-15-10-8-14(9-11-15)6-2-3-7-16(19)18-12-4-1-5-13-18/h8-11H,1-7,12-13H2. The molecule has 0 atom stereocenters. The fraction of sp³-hybridized carbons (Fsp3) is 0.562. The van der Waals surface area contributed by atoms with Crippen LogP contribution >= 0.6 is 11.6 Å². The van der Waals surface area contributed by atoms with Crippen LogP contribution < -0.4 is 0 Å². The van der Waals surface area contributed by atoms with Crippen LogP contribution in [0.3, 0.4) is 0 Å². The average molecular weight is 280 g/mol. The quantitative estimate of drug-likeness (QED) is 0.744. The fourth-order valence-electron chi connectivity index (χ4n) is 2.56. The summed E-state index contributed by atoms with van der Waals surface area (Å²) in [6.45, 7) is 1.94. The van der Waals surface area contributed by atoms with Crippen molar-refractivity contribution in [2.75, 3.05) is 13.1 Å². The van der Waals surface area contributed by atoms with E-state index in [9.17, 15) is 4.79 Å². The summed E-state index contributed by atoms with van der Waals surface area (Å²) in [6.07, 6.45) is 7.42. The number of aryl methyl sites for hydroxylation is 1. The van der Waals surface area contributed by atoms with E-state index in [0.717, 1.165) is 37.4 Å². The molecule has 1 fully saturated rings. The third-order valence-electron chi connectivity index (χ3n) is 3.73. The van der Waals surface area contributed by atoms with Gasteiger partial charge in [-0.05, 0) is 56.2 Å². The van der Waals surface area contributed by atoms with Crippen LogP contribution in [-0.4, -0.2) is 23.9 Å². The number of piperidine rings is 1. The number of carbonyl (C=O) groups excluding carboxylic acids is 1. The molecule has 1 aliphatic heterocycles. The van der Waals surface area contributed by atoms with E-state index in [1.165, 1.54) is 24.8 Å². The molecule has 0 saturated carbocycles. The molecule has 0 unspecified atom stereocenters. The van der Waals surface area contributed by atoms with Gasteiger partial charge in [0.2, 0.25) is 5.91 Å². The molecule has 3 heteroatoms. The highest BCUT2D eigenvalue weighted by Crippen LogP contribution is 2.14. The van der Waals surface area contributed by atoms with E-state index in [1.54, 1.807) is 0 Å². The van der Waals surface area contributed by atoms with Crippen molar-refractivity contribution in [2.24, 2.45) is 0 Å². The van der Waals surface area contributed by atoms with Crippen molar-refractivity contribution in [3.05, 3.63) is 34.9 Å². The highest BCUT2D eigenvalue weighted by molar-refractivity contribution is 6.30. The molecule has 0 bridgehead atoms. The van der Waals surface area contributed by atoms with E-state index in [0.29, 0.717) is 12.3 Å². The number of halogens is 1. The molecule has 1 saturated heterocycles. The van der Waals surface area contributed by atoms with Gasteiger partial charge < -0.3 is 4.90 Å². The Kier molecular flexibility index (Phi) is 5.71. The predicted octanol–water partition coefficient (Wildman–Crippen LogP) is 4.07. The van der Waals surface area contributed by atoms with Gasteiger partial charge in [0.25, 0.3) is 0 Å². The van der Waals surface area contributed by atoms with Gasteiger partial charge in [-0.15, -0.1) is 0 Å². The fourth-order valence-corrected chi connectivity index (χ4v) is 2.68. The smallest absolute Gasteiger partial charge is 0.222 e. The average Bonchev–Trinajstić information content (AvgIpc) is 2.46. The minimum absolute atomic E-state index is 0.343.